The number of aryl methyl sites for hydroxylation is 1. The maximum absolute atomic E-state index is 12.5. The molecule has 0 amide bonds. The van der Waals surface area contributed by atoms with Gasteiger partial charge in [0.25, 0.3) is 0 Å². The maximum Gasteiger partial charge on any atom is 0.166 e. The van der Waals surface area contributed by atoms with Gasteiger partial charge < -0.3 is 4.57 Å². The second-order valence-corrected chi connectivity index (χ2v) is 3.21. The van der Waals surface area contributed by atoms with Gasteiger partial charge in [-0.05, 0) is 6.92 Å². The minimum atomic E-state index is -0.538. The molecule has 0 spiro atoms. The summed E-state index contributed by atoms with van der Waals surface area (Å²) in [6.07, 6.45) is 3.24. The predicted molar refractivity (Wildman–Crippen MR) is 53.5 cm³/mol. The summed E-state index contributed by atoms with van der Waals surface area (Å²) in [7, 11) is 0. The van der Waals surface area contributed by atoms with Crippen molar-refractivity contribution < 1.29 is 4.39 Å². The number of hydrogen-bond donors (Lipinski definition) is 0. The van der Waals surface area contributed by atoms with Crippen LogP contribution in [0.4, 0.5) is 4.39 Å². The highest BCUT2D eigenvalue weighted by atomic mass is 19.1. The Balaban J connectivity index is 2.44. The van der Waals surface area contributed by atoms with Crippen LogP contribution in [0.15, 0.2) is 36.7 Å². The van der Waals surface area contributed by atoms with Gasteiger partial charge >= 0.3 is 0 Å². The van der Waals surface area contributed by atoms with Crippen LogP contribution in [0.1, 0.15) is 5.56 Å². The van der Waals surface area contributed by atoms with Crippen LogP contribution < -0.4 is 0 Å². The second kappa shape index (κ2) is 3.62. The van der Waals surface area contributed by atoms with E-state index in [4.69, 9.17) is 0 Å². The summed E-state index contributed by atoms with van der Waals surface area (Å²) >= 11 is 0. The number of hydrogen-bond acceptors (Lipinski definition) is 1. The van der Waals surface area contributed by atoms with Crippen molar-refractivity contribution in [1.29, 1.82) is 0 Å². The smallest absolute Gasteiger partial charge is 0.166 e. The van der Waals surface area contributed by atoms with E-state index >= 15 is 0 Å². The maximum atomic E-state index is 12.5. The van der Waals surface area contributed by atoms with E-state index in [1.807, 2.05) is 31.2 Å². The van der Waals surface area contributed by atoms with Crippen LogP contribution in [0, 0.1) is 6.92 Å². The number of halogens is 1. The Hall–Kier alpha value is -1.64. The fourth-order valence-corrected chi connectivity index (χ4v) is 1.37. The summed E-state index contributed by atoms with van der Waals surface area (Å²) in [5.74, 6) is 0.674. The SMILES string of the molecule is Cc1ccc(-c2nccn2CF)cc1. The zero-order chi connectivity index (χ0) is 9.97. The molecular formula is C11H11FN2. The summed E-state index contributed by atoms with van der Waals surface area (Å²) in [6.45, 7) is 1.48. The van der Waals surface area contributed by atoms with Gasteiger partial charge in [0.1, 0.15) is 5.82 Å². The van der Waals surface area contributed by atoms with E-state index in [1.54, 1.807) is 12.4 Å². The number of benzene rings is 1. The first-order valence-electron chi connectivity index (χ1n) is 4.45. The molecule has 0 N–H and O–H groups in total. The summed E-state index contributed by atoms with van der Waals surface area (Å²) in [6, 6.07) is 7.88. The van der Waals surface area contributed by atoms with Crippen LogP contribution in [-0.2, 0) is 6.80 Å². The third-order valence-electron chi connectivity index (χ3n) is 2.15. The highest BCUT2D eigenvalue weighted by molar-refractivity contribution is 5.55. The third-order valence-corrected chi connectivity index (χ3v) is 2.15. The normalized spacial score (nSPS) is 10.4. The van der Waals surface area contributed by atoms with Crippen molar-refractivity contribution in [2.45, 2.75) is 13.7 Å². The molecule has 0 aliphatic rings. The molecule has 0 atom stereocenters. The molecule has 0 fully saturated rings. The quantitative estimate of drug-likeness (QED) is 0.712. The zero-order valence-corrected chi connectivity index (χ0v) is 7.94. The average Bonchev–Trinajstić information content (AvgIpc) is 2.67. The average molecular weight is 190 g/mol. The van der Waals surface area contributed by atoms with Crippen molar-refractivity contribution in [3.63, 3.8) is 0 Å². The first kappa shape index (κ1) is 8.94. The van der Waals surface area contributed by atoms with Gasteiger partial charge in [-0.1, -0.05) is 29.8 Å². The molecule has 2 rings (SSSR count). The Morgan fingerprint density at radius 1 is 1.29 bits per heavy atom. The lowest BCUT2D eigenvalue weighted by Crippen LogP contribution is -1.94. The van der Waals surface area contributed by atoms with E-state index < -0.39 is 6.80 Å². The summed E-state index contributed by atoms with van der Waals surface area (Å²) in [5.41, 5.74) is 2.13. The van der Waals surface area contributed by atoms with Crippen LogP contribution in [0.5, 0.6) is 0 Å². The van der Waals surface area contributed by atoms with E-state index in [2.05, 4.69) is 4.98 Å². The molecule has 0 aliphatic heterocycles. The molecule has 14 heavy (non-hydrogen) atoms. The van der Waals surface area contributed by atoms with Gasteiger partial charge in [0.2, 0.25) is 0 Å². The molecule has 2 aromatic rings. The van der Waals surface area contributed by atoms with Crippen molar-refractivity contribution in [1.82, 2.24) is 9.55 Å². The first-order valence-corrected chi connectivity index (χ1v) is 4.45. The molecule has 0 bridgehead atoms. The first-order chi connectivity index (χ1) is 6.81. The van der Waals surface area contributed by atoms with Crippen molar-refractivity contribution in [3.8, 4) is 11.4 Å². The number of alkyl halides is 1. The fraction of sp³-hybridized carbons (Fsp3) is 0.182. The lowest BCUT2D eigenvalue weighted by molar-refractivity contribution is 0.380. The second-order valence-electron chi connectivity index (χ2n) is 3.21. The molecule has 1 aromatic heterocycles. The van der Waals surface area contributed by atoms with E-state index in [-0.39, 0.29) is 0 Å². The predicted octanol–water partition coefficient (Wildman–Crippen LogP) is 2.79. The molecule has 0 saturated heterocycles. The Morgan fingerprint density at radius 2 is 2.00 bits per heavy atom. The van der Waals surface area contributed by atoms with Crippen molar-refractivity contribution in [3.05, 3.63) is 42.2 Å². The molecular weight excluding hydrogens is 179 g/mol. The Kier molecular flexibility index (Phi) is 2.31. The van der Waals surface area contributed by atoms with E-state index in [0.717, 1.165) is 5.56 Å². The molecule has 0 unspecified atom stereocenters. The van der Waals surface area contributed by atoms with Crippen molar-refractivity contribution in [2.75, 3.05) is 0 Å². The zero-order valence-electron chi connectivity index (χ0n) is 7.94. The Labute approximate surface area is 82.0 Å². The minimum Gasteiger partial charge on any atom is -0.302 e. The van der Waals surface area contributed by atoms with Crippen LogP contribution in [0.25, 0.3) is 11.4 Å². The molecule has 0 radical (unpaired) electrons. The monoisotopic (exact) mass is 190 g/mol. The van der Waals surface area contributed by atoms with Crippen LogP contribution in [0.3, 0.4) is 0 Å². The lowest BCUT2D eigenvalue weighted by atomic mass is 10.1. The third kappa shape index (κ3) is 1.53. The number of rotatable bonds is 2. The summed E-state index contributed by atoms with van der Waals surface area (Å²) in [4.78, 5) is 4.11. The van der Waals surface area contributed by atoms with Gasteiger partial charge in [-0.15, -0.1) is 0 Å². The van der Waals surface area contributed by atoms with Gasteiger partial charge in [0.05, 0.1) is 0 Å². The molecule has 1 aromatic carbocycles. The molecule has 3 heteroatoms. The molecule has 2 nitrogen and oxygen atoms in total. The lowest BCUT2D eigenvalue weighted by Gasteiger charge is -2.03. The molecule has 0 aliphatic carbocycles. The fourth-order valence-electron chi connectivity index (χ4n) is 1.37. The van der Waals surface area contributed by atoms with Crippen LogP contribution >= 0.6 is 0 Å². The minimum absolute atomic E-state index is 0.538. The van der Waals surface area contributed by atoms with Gasteiger partial charge in [-0.2, -0.15) is 0 Å². The van der Waals surface area contributed by atoms with Gasteiger partial charge in [0.15, 0.2) is 6.80 Å². The summed E-state index contributed by atoms with van der Waals surface area (Å²) in [5, 5.41) is 0. The molecule has 72 valence electrons. The van der Waals surface area contributed by atoms with Gasteiger partial charge in [-0.25, -0.2) is 9.37 Å². The van der Waals surface area contributed by atoms with Crippen LogP contribution in [0.2, 0.25) is 0 Å². The van der Waals surface area contributed by atoms with Gasteiger partial charge in [0, 0.05) is 18.0 Å². The number of aromatic nitrogens is 2. The number of nitrogens with zero attached hydrogens (tertiary/aromatic N) is 2. The van der Waals surface area contributed by atoms with Crippen molar-refractivity contribution in [2.24, 2.45) is 0 Å². The van der Waals surface area contributed by atoms with E-state index in [0.29, 0.717) is 5.82 Å². The van der Waals surface area contributed by atoms with E-state index in [9.17, 15) is 4.39 Å². The standard InChI is InChI=1S/C11H11FN2/c1-9-2-4-10(5-3-9)11-13-6-7-14(11)8-12/h2-7H,8H2,1H3. The Morgan fingerprint density at radius 3 is 2.64 bits per heavy atom. The van der Waals surface area contributed by atoms with E-state index in [1.165, 1.54) is 10.1 Å². The van der Waals surface area contributed by atoms with Crippen LogP contribution in [-0.4, -0.2) is 9.55 Å². The highest BCUT2D eigenvalue weighted by Crippen LogP contribution is 2.17. The highest BCUT2D eigenvalue weighted by Gasteiger charge is 2.03. The molecule has 1 heterocycles. The Bertz CT molecular complexity index is 417. The van der Waals surface area contributed by atoms with Gasteiger partial charge in [-0.3, -0.25) is 0 Å². The number of imidazole rings is 1. The summed E-state index contributed by atoms with van der Waals surface area (Å²) < 4.78 is 14.0. The molecule has 0 saturated carbocycles. The van der Waals surface area contributed by atoms with Crippen molar-refractivity contribution >= 4 is 0 Å². The largest absolute Gasteiger partial charge is 0.302 e. The topological polar surface area (TPSA) is 17.8 Å².